The largest absolute Gasteiger partial charge is 0.103 e. The molecule has 0 saturated heterocycles. The molecular formula is C26H42. The third kappa shape index (κ3) is 5.86. The summed E-state index contributed by atoms with van der Waals surface area (Å²) < 4.78 is 0. The molecule has 0 nitrogen and oxygen atoms in total. The molecule has 0 heteroatoms. The van der Waals surface area contributed by atoms with Gasteiger partial charge in [-0.25, -0.2) is 0 Å². The second kappa shape index (κ2) is 10.5. The highest BCUT2D eigenvalue weighted by Gasteiger charge is 2.30. The Bertz CT molecular complexity index is 435. The molecule has 3 saturated carbocycles. The van der Waals surface area contributed by atoms with Crippen LogP contribution < -0.4 is 0 Å². The van der Waals surface area contributed by atoms with Crippen molar-refractivity contribution >= 4 is 0 Å². The van der Waals surface area contributed by atoms with E-state index in [1.165, 1.54) is 89.9 Å². The van der Waals surface area contributed by atoms with Crippen LogP contribution in [-0.2, 0) is 0 Å². The molecule has 0 N–H and O–H groups in total. The van der Waals surface area contributed by atoms with Gasteiger partial charge in [-0.05, 0) is 113 Å². The molecule has 0 radical (unpaired) electrons. The normalized spacial score (nSPS) is 38.9. The average Bonchev–Trinajstić information content (AvgIpc) is 2.72. The Morgan fingerprint density at radius 1 is 0.577 bits per heavy atom. The summed E-state index contributed by atoms with van der Waals surface area (Å²) in [6, 6.07) is 0. The maximum absolute atomic E-state index is 3.97. The molecule has 0 heterocycles. The van der Waals surface area contributed by atoms with Crippen molar-refractivity contribution in [3.05, 3.63) is 37.5 Å². The lowest BCUT2D eigenvalue weighted by Gasteiger charge is -2.37. The summed E-state index contributed by atoms with van der Waals surface area (Å²) >= 11 is 0. The van der Waals surface area contributed by atoms with Crippen LogP contribution in [0.4, 0.5) is 0 Å². The standard InChI is InChI=1S/C26H42/c1-3-5-6-22-13-17-25(18-14-22)26-19-15-24(16-20-26)12-11-23-9-7-21(4-2)8-10-23/h3-4,11-12,21-26H,1-2,5-10,13-20H2. The number of allylic oxidation sites excluding steroid dienone is 4. The van der Waals surface area contributed by atoms with Crippen molar-refractivity contribution in [2.24, 2.45) is 35.5 Å². The van der Waals surface area contributed by atoms with E-state index in [0.717, 1.165) is 35.5 Å². The predicted octanol–water partition coefficient (Wildman–Crippen LogP) is 8.11. The van der Waals surface area contributed by atoms with E-state index in [4.69, 9.17) is 0 Å². The lowest BCUT2D eigenvalue weighted by Crippen LogP contribution is -2.25. The van der Waals surface area contributed by atoms with Crippen molar-refractivity contribution in [2.45, 2.75) is 89.9 Å². The zero-order valence-electron chi connectivity index (χ0n) is 17.1. The van der Waals surface area contributed by atoms with Crippen LogP contribution in [0.2, 0.25) is 0 Å². The van der Waals surface area contributed by atoms with Gasteiger partial charge >= 0.3 is 0 Å². The molecule has 3 fully saturated rings. The van der Waals surface area contributed by atoms with Gasteiger partial charge in [-0.3, -0.25) is 0 Å². The summed E-state index contributed by atoms with van der Waals surface area (Å²) in [6.45, 7) is 7.85. The second-order valence-electron chi connectivity index (χ2n) is 9.62. The Kier molecular flexibility index (Phi) is 8.08. The van der Waals surface area contributed by atoms with Gasteiger partial charge in [-0.2, -0.15) is 0 Å². The fourth-order valence-electron chi connectivity index (χ4n) is 6.00. The van der Waals surface area contributed by atoms with E-state index < -0.39 is 0 Å². The van der Waals surface area contributed by atoms with Gasteiger partial charge in [0.2, 0.25) is 0 Å². The van der Waals surface area contributed by atoms with Gasteiger partial charge < -0.3 is 0 Å². The quantitative estimate of drug-likeness (QED) is 0.405. The van der Waals surface area contributed by atoms with E-state index in [2.05, 4.69) is 37.5 Å². The van der Waals surface area contributed by atoms with E-state index in [1.54, 1.807) is 0 Å². The minimum atomic E-state index is 0.793. The van der Waals surface area contributed by atoms with Crippen molar-refractivity contribution in [1.29, 1.82) is 0 Å². The van der Waals surface area contributed by atoms with Crippen LogP contribution in [0, 0.1) is 35.5 Å². The first-order chi connectivity index (χ1) is 12.8. The molecule has 3 aliphatic rings. The highest BCUT2D eigenvalue weighted by molar-refractivity contribution is 4.98. The topological polar surface area (TPSA) is 0 Å². The van der Waals surface area contributed by atoms with Gasteiger partial charge in [-0.1, -0.05) is 37.1 Å². The van der Waals surface area contributed by atoms with Crippen LogP contribution in [0.3, 0.4) is 0 Å². The van der Waals surface area contributed by atoms with E-state index in [9.17, 15) is 0 Å². The van der Waals surface area contributed by atoms with Crippen molar-refractivity contribution in [1.82, 2.24) is 0 Å². The Morgan fingerprint density at radius 3 is 1.54 bits per heavy atom. The number of rotatable bonds is 7. The number of hydrogen-bond acceptors (Lipinski definition) is 0. The zero-order chi connectivity index (χ0) is 18.2. The Labute approximate surface area is 163 Å². The Hall–Kier alpha value is -0.780. The van der Waals surface area contributed by atoms with Crippen molar-refractivity contribution < 1.29 is 0 Å². The molecule has 0 bridgehead atoms. The van der Waals surface area contributed by atoms with Crippen LogP contribution >= 0.6 is 0 Å². The Morgan fingerprint density at radius 2 is 1.04 bits per heavy atom. The van der Waals surface area contributed by atoms with Crippen molar-refractivity contribution in [3.8, 4) is 0 Å². The van der Waals surface area contributed by atoms with Gasteiger partial charge in [0.1, 0.15) is 0 Å². The second-order valence-corrected chi connectivity index (χ2v) is 9.62. The lowest BCUT2D eigenvalue weighted by molar-refractivity contribution is 0.153. The summed E-state index contributed by atoms with van der Waals surface area (Å²) in [5, 5.41) is 0. The SMILES string of the molecule is C=CCCC1CCC(C2CCC(C=CC3CCC(C=C)CC3)CC2)CC1. The van der Waals surface area contributed by atoms with Crippen LogP contribution in [0.25, 0.3) is 0 Å². The molecule has 0 atom stereocenters. The third-order valence-electron chi connectivity index (χ3n) is 7.96. The monoisotopic (exact) mass is 354 g/mol. The van der Waals surface area contributed by atoms with E-state index in [0.29, 0.717) is 0 Å². The first-order valence-electron chi connectivity index (χ1n) is 11.7. The maximum atomic E-state index is 3.97. The van der Waals surface area contributed by atoms with Crippen LogP contribution in [0.5, 0.6) is 0 Å². The highest BCUT2D eigenvalue weighted by atomic mass is 14.4. The summed E-state index contributed by atoms with van der Waals surface area (Å²) in [7, 11) is 0. The first kappa shape index (κ1) is 20.0. The van der Waals surface area contributed by atoms with Crippen LogP contribution in [0.15, 0.2) is 37.5 Å². The summed E-state index contributed by atoms with van der Waals surface area (Å²) in [6.07, 6.45) is 29.5. The van der Waals surface area contributed by atoms with Gasteiger partial charge in [0, 0.05) is 0 Å². The minimum Gasteiger partial charge on any atom is -0.103 e. The molecule has 0 unspecified atom stereocenters. The summed E-state index contributed by atoms with van der Waals surface area (Å²) in [4.78, 5) is 0. The Balaban J connectivity index is 1.34. The molecule has 146 valence electrons. The highest BCUT2D eigenvalue weighted by Crippen LogP contribution is 2.42. The summed E-state index contributed by atoms with van der Waals surface area (Å²) in [5.41, 5.74) is 0. The maximum Gasteiger partial charge on any atom is -0.0233 e. The van der Waals surface area contributed by atoms with Gasteiger partial charge in [-0.15, -0.1) is 13.2 Å². The fraction of sp³-hybridized carbons (Fsp3) is 0.769. The van der Waals surface area contributed by atoms with Crippen molar-refractivity contribution in [2.75, 3.05) is 0 Å². The minimum absolute atomic E-state index is 0.793. The molecule has 0 aromatic rings. The average molecular weight is 355 g/mol. The fourth-order valence-corrected chi connectivity index (χ4v) is 6.00. The lowest BCUT2D eigenvalue weighted by atomic mass is 9.68. The summed E-state index contributed by atoms with van der Waals surface area (Å²) in [5.74, 6) is 5.63. The van der Waals surface area contributed by atoms with E-state index >= 15 is 0 Å². The molecular weight excluding hydrogens is 312 g/mol. The molecule has 0 aromatic heterocycles. The van der Waals surface area contributed by atoms with E-state index in [1.807, 2.05) is 0 Å². The molecule has 3 rings (SSSR count). The molecule has 0 spiro atoms. The number of hydrogen-bond donors (Lipinski definition) is 0. The van der Waals surface area contributed by atoms with Gasteiger partial charge in [0.15, 0.2) is 0 Å². The molecule has 0 aromatic carbocycles. The first-order valence-corrected chi connectivity index (χ1v) is 11.7. The van der Waals surface area contributed by atoms with E-state index in [-0.39, 0.29) is 0 Å². The molecule has 26 heavy (non-hydrogen) atoms. The zero-order valence-corrected chi connectivity index (χ0v) is 17.1. The van der Waals surface area contributed by atoms with Gasteiger partial charge in [0.05, 0.1) is 0 Å². The van der Waals surface area contributed by atoms with Crippen LogP contribution in [-0.4, -0.2) is 0 Å². The van der Waals surface area contributed by atoms with Crippen molar-refractivity contribution in [3.63, 3.8) is 0 Å². The molecule has 0 aliphatic heterocycles. The predicted molar refractivity (Wildman–Crippen MR) is 115 cm³/mol. The molecule has 0 amide bonds. The third-order valence-corrected chi connectivity index (χ3v) is 7.96. The van der Waals surface area contributed by atoms with Gasteiger partial charge in [0.25, 0.3) is 0 Å². The molecule has 3 aliphatic carbocycles. The smallest absolute Gasteiger partial charge is 0.0233 e. The van der Waals surface area contributed by atoms with Crippen LogP contribution in [0.1, 0.15) is 89.9 Å².